The summed E-state index contributed by atoms with van der Waals surface area (Å²) in [4.78, 5) is 42.4. The summed E-state index contributed by atoms with van der Waals surface area (Å²) in [7, 11) is 1.56. The molecule has 2 amide bonds. The van der Waals surface area contributed by atoms with Crippen LogP contribution in [0.3, 0.4) is 0 Å². The van der Waals surface area contributed by atoms with Gasteiger partial charge in [0, 0.05) is 24.4 Å². The van der Waals surface area contributed by atoms with Crippen molar-refractivity contribution in [2.45, 2.75) is 32.3 Å². The average molecular weight is 489 g/mol. The van der Waals surface area contributed by atoms with Crippen molar-refractivity contribution in [2.24, 2.45) is 5.92 Å². The molecule has 0 unspecified atom stereocenters. The first-order valence-corrected chi connectivity index (χ1v) is 11.8. The number of benzene rings is 2. The molecule has 0 bridgehead atoms. The number of carboxylic acid groups (broad SMARTS) is 1. The van der Waals surface area contributed by atoms with Crippen LogP contribution in [-0.4, -0.2) is 57.6 Å². The Morgan fingerprint density at radius 3 is 2.31 bits per heavy atom. The van der Waals surface area contributed by atoms with E-state index in [0.717, 1.165) is 27.2 Å². The van der Waals surface area contributed by atoms with Crippen LogP contribution >= 0.6 is 0 Å². The van der Waals surface area contributed by atoms with E-state index in [4.69, 9.17) is 4.74 Å². The summed E-state index contributed by atoms with van der Waals surface area (Å²) in [6.45, 7) is 1.77. The number of fused-ring (bicyclic) bond motifs is 1. The minimum absolute atomic E-state index is 0.0235. The van der Waals surface area contributed by atoms with Gasteiger partial charge in [0.25, 0.3) is 11.8 Å². The number of pyridine rings is 1. The van der Waals surface area contributed by atoms with Gasteiger partial charge in [-0.25, -0.2) is 4.98 Å². The van der Waals surface area contributed by atoms with E-state index in [1.807, 2.05) is 37.3 Å². The number of hydrogen-bond acceptors (Lipinski definition) is 6. The average Bonchev–Trinajstić information content (AvgIpc) is 3.11. The van der Waals surface area contributed by atoms with Gasteiger partial charge in [-0.1, -0.05) is 35.9 Å². The van der Waals surface area contributed by atoms with Crippen LogP contribution in [0.5, 0.6) is 5.88 Å². The van der Waals surface area contributed by atoms with Crippen LogP contribution in [0.1, 0.15) is 44.7 Å². The lowest BCUT2D eigenvalue weighted by Gasteiger charge is -2.22. The van der Waals surface area contributed by atoms with Crippen molar-refractivity contribution >= 4 is 17.8 Å². The van der Waals surface area contributed by atoms with Crippen LogP contribution in [0.15, 0.2) is 60.8 Å². The number of rotatable bonds is 10. The third-order valence-electron chi connectivity index (χ3n) is 6.53. The number of aliphatic hydroxyl groups is 1. The SMILES string of the molecule is COc1ccc(-c2ccc(CC[C@@H](O)[C@H](CCN3C(=O)c4ccc(C)cc4C3=O)C(=O)O)cc2)cn1. The molecule has 8 heteroatoms. The summed E-state index contributed by atoms with van der Waals surface area (Å²) >= 11 is 0. The van der Waals surface area contributed by atoms with Gasteiger partial charge < -0.3 is 14.9 Å². The maximum Gasteiger partial charge on any atom is 0.309 e. The Kier molecular flexibility index (Phi) is 7.45. The van der Waals surface area contributed by atoms with E-state index >= 15 is 0 Å². The predicted octanol–water partition coefficient (Wildman–Crippen LogP) is 3.75. The number of aromatic nitrogens is 1. The maximum atomic E-state index is 12.7. The zero-order valence-corrected chi connectivity index (χ0v) is 20.2. The Morgan fingerprint density at radius 1 is 0.972 bits per heavy atom. The molecule has 0 saturated carbocycles. The Morgan fingerprint density at radius 2 is 1.67 bits per heavy atom. The van der Waals surface area contributed by atoms with Gasteiger partial charge in [-0.05, 0) is 55.5 Å². The number of imide groups is 1. The molecule has 0 saturated heterocycles. The Hall–Kier alpha value is -4.04. The third-order valence-corrected chi connectivity index (χ3v) is 6.53. The number of carbonyl (C=O) groups is 3. The largest absolute Gasteiger partial charge is 0.481 e. The van der Waals surface area contributed by atoms with E-state index in [2.05, 4.69) is 4.98 Å². The molecule has 4 rings (SSSR count). The van der Waals surface area contributed by atoms with Crippen molar-refractivity contribution in [2.75, 3.05) is 13.7 Å². The Labute approximate surface area is 209 Å². The molecule has 36 heavy (non-hydrogen) atoms. The molecule has 2 aromatic carbocycles. The number of aliphatic hydroxyl groups excluding tert-OH is 1. The zero-order valence-electron chi connectivity index (χ0n) is 20.2. The van der Waals surface area contributed by atoms with Crippen LogP contribution in [0.2, 0.25) is 0 Å². The number of amides is 2. The highest BCUT2D eigenvalue weighted by Gasteiger charge is 2.37. The first-order chi connectivity index (χ1) is 17.3. The second-order valence-corrected chi connectivity index (χ2v) is 8.94. The highest BCUT2D eigenvalue weighted by molar-refractivity contribution is 6.21. The molecule has 1 aromatic heterocycles. The zero-order chi connectivity index (χ0) is 25.8. The number of carbonyl (C=O) groups excluding carboxylic acids is 2. The molecule has 1 aliphatic rings. The molecule has 2 atom stereocenters. The topological polar surface area (TPSA) is 117 Å². The molecule has 0 fully saturated rings. The number of ether oxygens (including phenoxy) is 1. The summed E-state index contributed by atoms with van der Waals surface area (Å²) in [5, 5.41) is 20.3. The standard InChI is InChI=1S/C28H28N2O6/c1-17-3-10-21-23(15-17)27(33)30(26(21)32)14-13-22(28(34)35)24(31)11-6-18-4-7-19(8-5-18)20-9-12-25(36-2)29-16-20/h3-5,7-10,12,15-16,22,24,31H,6,11,13-14H2,1-2H3,(H,34,35)/t22-,24+/m0/s1. The summed E-state index contributed by atoms with van der Waals surface area (Å²) in [5.74, 6) is -2.57. The number of aryl methyl sites for hydroxylation is 2. The fourth-order valence-electron chi connectivity index (χ4n) is 4.41. The monoisotopic (exact) mass is 488 g/mol. The highest BCUT2D eigenvalue weighted by atomic mass is 16.5. The van der Waals surface area contributed by atoms with Gasteiger partial charge in [-0.15, -0.1) is 0 Å². The molecular weight excluding hydrogens is 460 g/mol. The molecule has 1 aliphatic heterocycles. The van der Waals surface area contributed by atoms with Crippen LogP contribution in [0.25, 0.3) is 11.1 Å². The van der Waals surface area contributed by atoms with Crippen LogP contribution in [0, 0.1) is 12.8 Å². The van der Waals surface area contributed by atoms with Crippen molar-refractivity contribution in [3.8, 4) is 17.0 Å². The summed E-state index contributed by atoms with van der Waals surface area (Å²) in [6, 6.07) is 16.5. The van der Waals surface area contributed by atoms with E-state index in [1.165, 1.54) is 0 Å². The van der Waals surface area contributed by atoms with Gasteiger partial charge in [0.1, 0.15) is 0 Å². The van der Waals surface area contributed by atoms with Gasteiger partial charge in [0.15, 0.2) is 0 Å². The van der Waals surface area contributed by atoms with Gasteiger partial charge in [-0.2, -0.15) is 0 Å². The van der Waals surface area contributed by atoms with E-state index in [-0.39, 0.29) is 19.4 Å². The molecule has 186 valence electrons. The summed E-state index contributed by atoms with van der Waals surface area (Å²) < 4.78 is 5.08. The van der Waals surface area contributed by atoms with Gasteiger partial charge in [-0.3, -0.25) is 19.3 Å². The minimum atomic E-state index is -1.16. The molecule has 8 nitrogen and oxygen atoms in total. The van der Waals surface area contributed by atoms with E-state index in [0.29, 0.717) is 23.4 Å². The molecule has 2 heterocycles. The third kappa shape index (κ3) is 5.28. The van der Waals surface area contributed by atoms with Gasteiger partial charge in [0.2, 0.25) is 5.88 Å². The number of methoxy groups -OCH3 is 1. The van der Waals surface area contributed by atoms with Crippen molar-refractivity contribution in [3.05, 3.63) is 83.0 Å². The van der Waals surface area contributed by atoms with Crippen molar-refractivity contribution in [1.29, 1.82) is 0 Å². The molecule has 0 aliphatic carbocycles. The molecule has 3 aromatic rings. The normalized spacial score (nSPS) is 14.5. The van der Waals surface area contributed by atoms with Crippen LogP contribution < -0.4 is 4.74 Å². The van der Waals surface area contributed by atoms with Crippen molar-refractivity contribution in [3.63, 3.8) is 0 Å². The maximum absolute atomic E-state index is 12.7. The second-order valence-electron chi connectivity index (χ2n) is 8.94. The van der Waals surface area contributed by atoms with Gasteiger partial charge >= 0.3 is 5.97 Å². The molecule has 0 spiro atoms. The van der Waals surface area contributed by atoms with Crippen molar-refractivity contribution < 1.29 is 29.3 Å². The fraction of sp³-hybridized carbons (Fsp3) is 0.286. The fourth-order valence-corrected chi connectivity index (χ4v) is 4.41. The molecule has 0 radical (unpaired) electrons. The number of carboxylic acids is 1. The number of aliphatic carboxylic acids is 1. The first-order valence-electron chi connectivity index (χ1n) is 11.8. The van der Waals surface area contributed by atoms with E-state index < -0.39 is 29.8 Å². The van der Waals surface area contributed by atoms with E-state index in [9.17, 15) is 24.6 Å². The van der Waals surface area contributed by atoms with Crippen LogP contribution in [0.4, 0.5) is 0 Å². The van der Waals surface area contributed by atoms with Gasteiger partial charge in [0.05, 0.1) is 30.3 Å². The van der Waals surface area contributed by atoms with Crippen LogP contribution in [-0.2, 0) is 11.2 Å². The lowest BCUT2D eigenvalue weighted by molar-refractivity contribution is -0.146. The Balaban J connectivity index is 1.34. The lowest BCUT2D eigenvalue weighted by atomic mass is 9.93. The molecule has 2 N–H and O–H groups in total. The Bertz CT molecular complexity index is 1270. The molecular formula is C28H28N2O6. The van der Waals surface area contributed by atoms with Crippen molar-refractivity contribution in [1.82, 2.24) is 9.88 Å². The minimum Gasteiger partial charge on any atom is -0.481 e. The quantitative estimate of drug-likeness (QED) is 0.418. The predicted molar refractivity (Wildman–Crippen MR) is 133 cm³/mol. The smallest absolute Gasteiger partial charge is 0.309 e. The first kappa shape index (κ1) is 25.1. The number of hydrogen-bond donors (Lipinski definition) is 2. The van der Waals surface area contributed by atoms with E-state index in [1.54, 1.807) is 37.6 Å². The summed E-state index contributed by atoms with van der Waals surface area (Å²) in [5.41, 5.74) is 4.40. The second kappa shape index (κ2) is 10.7. The highest BCUT2D eigenvalue weighted by Crippen LogP contribution is 2.26. The summed E-state index contributed by atoms with van der Waals surface area (Å²) in [6.07, 6.45) is 1.31. The lowest BCUT2D eigenvalue weighted by Crippen LogP contribution is -2.36. The number of nitrogens with zero attached hydrogens (tertiary/aromatic N) is 2.